The summed E-state index contributed by atoms with van der Waals surface area (Å²) in [7, 11) is 0. The lowest BCUT2D eigenvalue weighted by molar-refractivity contribution is -0.274. The van der Waals surface area contributed by atoms with Crippen molar-refractivity contribution in [3.05, 3.63) is 24.3 Å². The highest BCUT2D eigenvalue weighted by atomic mass is 19.4. The number of rotatable bonds is 5. The van der Waals surface area contributed by atoms with Crippen molar-refractivity contribution in [1.29, 1.82) is 0 Å². The van der Waals surface area contributed by atoms with Crippen LogP contribution < -0.4 is 9.64 Å². The molecule has 1 aliphatic rings. The topological polar surface area (TPSA) is 32.8 Å². The number of hydrogen-bond acceptors (Lipinski definition) is 4. The molecule has 1 heterocycles. The van der Waals surface area contributed by atoms with E-state index in [4.69, 9.17) is 0 Å². The van der Waals surface area contributed by atoms with Crippen LogP contribution in [0.25, 0.3) is 0 Å². The van der Waals surface area contributed by atoms with Gasteiger partial charge in [0, 0.05) is 44.3 Å². The van der Waals surface area contributed by atoms with E-state index in [1.54, 1.807) is 12.1 Å². The molecule has 0 aromatic heterocycles. The molecule has 7 heteroatoms. The summed E-state index contributed by atoms with van der Waals surface area (Å²) in [5.41, 5.74) is 0.873. The van der Waals surface area contributed by atoms with Crippen LogP contribution >= 0.6 is 0 Å². The summed E-state index contributed by atoms with van der Waals surface area (Å²) in [6.07, 6.45) is -3.71. The number of ether oxygens (including phenoxy) is 1. The molecule has 0 radical (unpaired) electrons. The highest BCUT2D eigenvalue weighted by Gasteiger charge is 2.31. The Bertz CT molecular complexity index is 483. The van der Waals surface area contributed by atoms with Crippen molar-refractivity contribution >= 4 is 12.0 Å². The Morgan fingerprint density at radius 1 is 1.18 bits per heavy atom. The van der Waals surface area contributed by atoms with Crippen molar-refractivity contribution in [1.82, 2.24) is 4.90 Å². The maximum absolute atomic E-state index is 12.1. The quantitative estimate of drug-likeness (QED) is 0.782. The minimum absolute atomic E-state index is 0.0188. The molecule has 0 N–H and O–H groups in total. The molecule has 0 bridgehead atoms. The summed E-state index contributed by atoms with van der Waals surface area (Å²) in [5.74, 6) is -0.194. The minimum Gasteiger partial charge on any atom is -0.406 e. The van der Waals surface area contributed by atoms with E-state index < -0.39 is 6.36 Å². The maximum Gasteiger partial charge on any atom is 0.573 e. The van der Waals surface area contributed by atoms with Crippen molar-refractivity contribution in [3.8, 4) is 5.75 Å². The van der Waals surface area contributed by atoms with Crippen LogP contribution in [0, 0.1) is 5.92 Å². The summed E-state index contributed by atoms with van der Waals surface area (Å²) < 4.78 is 40.2. The number of carbonyl (C=O) groups is 1. The smallest absolute Gasteiger partial charge is 0.406 e. The molecule has 1 unspecified atom stereocenters. The number of piperazine rings is 1. The van der Waals surface area contributed by atoms with Crippen molar-refractivity contribution in [2.24, 2.45) is 5.92 Å². The van der Waals surface area contributed by atoms with E-state index in [0.717, 1.165) is 44.7 Å². The van der Waals surface area contributed by atoms with Gasteiger partial charge in [0.25, 0.3) is 0 Å². The molecular weight excluding hydrogens is 297 g/mol. The fraction of sp³-hybridized carbons (Fsp3) is 0.533. The molecule has 1 atom stereocenters. The summed E-state index contributed by atoms with van der Waals surface area (Å²) >= 11 is 0. The van der Waals surface area contributed by atoms with Gasteiger partial charge in [-0.3, -0.25) is 4.90 Å². The molecule has 122 valence electrons. The third-order valence-electron chi connectivity index (χ3n) is 3.59. The largest absolute Gasteiger partial charge is 0.573 e. The second-order valence-corrected chi connectivity index (χ2v) is 5.44. The van der Waals surface area contributed by atoms with Gasteiger partial charge < -0.3 is 14.4 Å². The zero-order chi connectivity index (χ0) is 16.2. The van der Waals surface area contributed by atoms with Crippen LogP contribution in [0.1, 0.15) is 6.92 Å². The van der Waals surface area contributed by atoms with Crippen LogP contribution in [-0.4, -0.2) is 50.3 Å². The highest BCUT2D eigenvalue weighted by Crippen LogP contribution is 2.25. The number of halogens is 3. The molecule has 1 aromatic carbocycles. The first-order chi connectivity index (χ1) is 10.4. The minimum atomic E-state index is -4.66. The Balaban J connectivity index is 1.87. The molecule has 0 aliphatic carbocycles. The van der Waals surface area contributed by atoms with Crippen molar-refractivity contribution in [3.63, 3.8) is 0 Å². The van der Waals surface area contributed by atoms with Gasteiger partial charge in [0.05, 0.1) is 0 Å². The Morgan fingerprint density at radius 3 is 2.27 bits per heavy atom. The van der Waals surface area contributed by atoms with Gasteiger partial charge in [-0.25, -0.2) is 0 Å². The Morgan fingerprint density at radius 2 is 1.77 bits per heavy atom. The first-order valence-corrected chi connectivity index (χ1v) is 7.16. The molecule has 1 aromatic rings. The van der Waals surface area contributed by atoms with Crippen LogP contribution in [0.4, 0.5) is 18.9 Å². The number of anilines is 1. The lowest BCUT2D eigenvalue weighted by atomic mass is 10.1. The Hall–Kier alpha value is -1.76. The van der Waals surface area contributed by atoms with Gasteiger partial charge >= 0.3 is 6.36 Å². The van der Waals surface area contributed by atoms with Gasteiger partial charge in [-0.05, 0) is 24.3 Å². The number of carbonyl (C=O) groups excluding carboxylic acids is 1. The SMILES string of the molecule is CC(C=O)CN1CCN(c2ccc(OC(F)(F)F)cc2)CC1. The van der Waals surface area contributed by atoms with E-state index in [1.165, 1.54) is 12.1 Å². The van der Waals surface area contributed by atoms with Gasteiger partial charge in [-0.1, -0.05) is 6.92 Å². The van der Waals surface area contributed by atoms with Gasteiger partial charge in [-0.15, -0.1) is 13.2 Å². The monoisotopic (exact) mass is 316 g/mol. The maximum atomic E-state index is 12.1. The average molecular weight is 316 g/mol. The lowest BCUT2D eigenvalue weighted by Gasteiger charge is -2.36. The lowest BCUT2D eigenvalue weighted by Crippen LogP contribution is -2.47. The molecule has 1 fully saturated rings. The fourth-order valence-electron chi connectivity index (χ4n) is 2.50. The average Bonchev–Trinajstić information content (AvgIpc) is 2.47. The number of aldehydes is 1. The van der Waals surface area contributed by atoms with Crippen LogP contribution in [-0.2, 0) is 4.79 Å². The summed E-state index contributed by atoms with van der Waals surface area (Å²) in [4.78, 5) is 15.0. The second kappa shape index (κ2) is 7.00. The zero-order valence-electron chi connectivity index (χ0n) is 12.3. The molecule has 0 amide bonds. The molecular formula is C15H19F3N2O2. The normalized spacial score (nSPS) is 18.1. The summed E-state index contributed by atoms with van der Waals surface area (Å²) in [6, 6.07) is 5.91. The molecule has 0 spiro atoms. The van der Waals surface area contributed by atoms with Gasteiger partial charge in [0.1, 0.15) is 12.0 Å². The molecule has 1 saturated heterocycles. The van der Waals surface area contributed by atoms with Gasteiger partial charge in [0.2, 0.25) is 0 Å². The highest BCUT2D eigenvalue weighted by molar-refractivity contribution is 5.53. The van der Waals surface area contributed by atoms with E-state index >= 15 is 0 Å². The standard InChI is InChI=1S/C15H19F3N2O2/c1-12(11-21)10-19-6-8-20(9-7-19)13-2-4-14(5-3-13)22-15(16,17)18/h2-5,11-12H,6-10H2,1H3. The van der Waals surface area contributed by atoms with Crippen molar-refractivity contribution in [2.75, 3.05) is 37.6 Å². The number of nitrogens with zero attached hydrogens (tertiary/aromatic N) is 2. The van der Waals surface area contributed by atoms with Crippen molar-refractivity contribution in [2.45, 2.75) is 13.3 Å². The van der Waals surface area contributed by atoms with Crippen LogP contribution in [0.2, 0.25) is 0 Å². The first-order valence-electron chi connectivity index (χ1n) is 7.16. The van der Waals surface area contributed by atoms with Crippen LogP contribution in [0.3, 0.4) is 0 Å². The van der Waals surface area contributed by atoms with Gasteiger partial charge in [0.15, 0.2) is 0 Å². The second-order valence-electron chi connectivity index (χ2n) is 5.44. The number of hydrogen-bond donors (Lipinski definition) is 0. The molecule has 1 aliphatic heterocycles. The fourth-order valence-corrected chi connectivity index (χ4v) is 2.50. The Kier molecular flexibility index (Phi) is 5.28. The van der Waals surface area contributed by atoms with E-state index in [-0.39, 0.29) is 11.7 Å². The summed E-state index contributed by atoms with van der Waals surface area (Å²) in [6.45, 7) is 5.86. The van der Waals surface area contributed by atoms with Gasteiger partial charge in [-0.2, -0.15) is 0 Å². The molecule has 4 nitrogen and oxygen atoms in total. The van der Waals surface area contributed by atoms with Crippen LogP contribution in [0.15, 0.2) is 24.3 Å². The van der Waals surface area contributed by atoms with E-state index in [2.05, 4.69) is 14.5 Å². The van der Waals surface area contributed by atoms with E-state index in [1.807, 2.05) is 6.92 Å². The van der Waals surface area contributed by atoms with E-state index in [9.17, 15) is 18.0 Å². The van der Waals surface area contributed by atoms with Crippen molar-refractivity contribution < 1.29 is 22.7 Å². The third-order valence-corrected chi connectivity index (χ3v) is 3.59. The zero-order valence-corrected chi connectivity index (χ0v) is 12.3. The van der Waals surface area contributed by atoms with E-state index in [0.29, 0.717) is 0 Å². The van der Waals surface area contributed by atoms with Crippen LogP contribution in [0.5, 0.6) is 5.75 Å². The number of benzene rings is 1. The molecule has 22 heavy (non-hydrogen) atoms. The molecule has 2 rings (SSSR count). The first kappa shape index (κ1) is 16.6. The third kappa shape index (κ3) is 4.91. The predicted molar refractivity (Wildman–Crippen MR) is 77.0 cm³/mol. The number of alkyl halides is 3. The summed E-state index contributed by atoms with van der Waals surface area (Å²) in [5, 5.41) is 0. The molecule has 0 saturated carbocycles. The Labute approximate surface area is 127 Å². The predicted octanol–water partition coefficient (Wildman–Crippen LogP) is 2.54.